The van der Waals surface area contributed by atoms with Crippen LogP contribution in [0.3, 0.4) is 0 Å². The molecule has 3 heteroatoms. The summed E-state index contributed by atoms with van der Waals surface area (Å²) in [4.78, 5) is 23.2. The van der Waals surface area contributed by atoms with Crippen LogP contribution in [0.4, 0.5) is 0 Å². The van der Waals surface area contributed by atoms with Gasteiger partial charge in [-0.2, -0.15) is 0 Å². The molecular weight excluding hydrogens is 180 g/mol. The SMILES string of the molecule is COC(=O)[C@H]1C[C@H]2C[C@@H](C1=O)C2(C)C. The molecule has 0 spiro atoms. The van der Waals surface area contributed by atoms with Gasteiger partial charge in [0.05, 0.1) is 7.11 Å². The standard InChI is InChI=1S/C11H16O3/c1-11(2)6-4-7(10(13)14-3)9(12)8(11)5-6/h6-8H,4-5H2,1-3H3/t6-,7-,8-/m0/s1. The van der Waals surface area contributed by atoms with E-state index >= 15 is 0 Å². The summed E-state index contributed by atoms with van der Waals surface area (Å²) in [5.41, 5.74) is 0.113. The maximum atomic E-state index is 11.9. The summed E-state index contributed by atoms with van der Waals surface area (Å²) in [6, 6.07) is 0. The normalized spacial score (nSPS) is 38.8. The summed E-state index contributed by atoms with van der Waals surface area (Å²) in [5, 5.41) is 0. The highest BCUT2D eigenvalue weighted by Crippen LogP contribution is 2.59. The average Bonchev–Trinajstić information content (AvgIpc) is 2.16. The number of hydrogen-bond donors (Lipinski definition) is 0. The molecule has 3 fully saturated rings. The second-order valence-corrected chi connectivity index (χ2v) is 5.02. The van der Waals surface area contributed by atoms with Crippen molar-refractivity contribution >= 4 is 11.8 Å². The van der Waals surface area contributed by atoms with E-state index < -0.39 is 5.92 Å². The number of carbonyl (C=O) groups is 2. The van der Waals surface area contributed by atoms with Gasteiger partial charge in [0.25, 0.3) is 0 Å². The maximum absolute atomic E-state index is 11.9. The van der Waals surface area contributed by atoms with E-state index in [2.05, 4.69) is 18.6 Å². The van der Waals surface area contributed by atoms with E-state index in [1.807, 2.05) is 0 Å². The van der Waals surface area contributed by atoms with Crippen molar-refractivity contribution in [1.29, 1.82) is 0 Å². The molecule has 3 aliphatic carbocycles. The molecule has 3 saturated carbocycles. The monoisotopic (exact) mass is 196 g/mol. The fourth-order valence-corrected chi connectivity index (χ4v) is 2.90. The van der Waals surface area contributed by atoms with Gasteiger partial charge in [0.1, 0.15) is 5.92 Å². The number of hydrogen-bond acceptors (Lipinski definition) is 3. The van der Waals surface area contributed by atoms with Gasteiger partial charge in [0.15, 0.2) is 5.78 Å². The summed E-state index contributed by atoms with van der Waals surface area (Å²) < 4.78 is 4.64. The molecule has 3 nitrogen and oxygen atoms in total. The highest BCUT2D eigenvalue weighted by molar-refractivity contribution is 6.02. The molecule has 3 atom stereocenters. The van der Waals surface area contributed by atoms with Crippen LogP contribution < -0.4 is 0 Å². The van der Waals surface area contributed by atoms with Crippen molar-refractivity contribution in [3.8, 4) is 0 Å². The fourth-order valence-electron chi connectivity index (χ4n) is 2.90. The van der Waals surface area contributed by atoms with Crippen molar-refractivity contribution in [3.63, 3.8) is 0 Å². The molecule has 2 bridgehead atoms. The van der Waals surface area contributed by atoms with Crippen LogP contribution in [0.5, 0.6) is 0 Å². The maximum Gasteiger partial charge on any atom is 0.316 e. The molecular formula is C11H16O3. The van der Waals surface area contributed by atoms with Gasteiger partial charge in [-0.15, -0.1) is 0 Å². The molecule has 3 rings (SSSR count). The van der Waals surface area contributed by atoms with E-state index in [0.29, 0.717) is 12.3 Å². The van der Waals surface area contributed by atoms with E-state index in [1.165, 1.54) is 7.11 Å². The Balaban J connectivity index is 2.16. The Bertz CT molecular complexity index is 293. The first kappa shape index (κ1) is 9.69. The lowest BCUT2D eigenvalue weighted by Crippen LogP contribution is -2.57. The van der Waals surface area contributed by atoms with Gasteiger partial charge in [0, 0.05) is 5.92 Å². The predicted molar refractivity (Wildman–Crippen MR) is 50.5 cm³/mol. The Morgan fingerprint density at radius 2 is 2.07 bits per heavy atom. The topological polar surface area (TPSA) is 43.4 Å². The summed E-state index contributed by atoms with van der Waals surface area (Å²) in [7, 11) is 1.35. The fraction of sp³-hybridized carbons (Fsp3) is 0.818. The highest BCUT2D eigenvalue weighted by atomic mass is 16.5. The lowest BCUT2D eigenvalue weighted by molar-refractivity contribution is -0.169. The smallest absolute Gasteiger partial charge is 0.316 e. The van der Waals surface area contributed by atoms with Crippen LogP contribution in [0.25, 0.3) is 0 Å². The largest absolute Gasteiger partial charge is 0.468 e. The molecule has 0 saturated heterocycles. The third-order valence-corrected chi connectivity index (χ3v) is 4.16. The number of carbonyl (C=O) groups excluding carboxylic acids is 2. The molecule has 0 N–H and O–H groups in total. The minimum absolute atomic E-state index is 0.0883. The minimum atomic E-state index is -0.475. The minimum Gasteiger partial charge on any atom is -0.468 e. The molecule has 0 amide bonds. The molecule has 0 radical (unpaired) electrons. The quantitative estimate of drug-likeness (QED) is 0.470. The van der Waals surface area contributed by atoms with Crippen molar-refractivity contribution in [2.24, 2.45) is 23.2 Å². The highest BCUT2D eigenvalue weighted by Gasteiger charge is 2.59. The average molecular weight is 196 g/mol. The van der Waals surface area contributed by atoms with Crippen LogP contribution in [0.15, 0.2) is 0 Å². The van der Waals surface area contributed by atoms with Crippen LogP contribution in [0.1, 0.15) is 26.7 Å². The number of methoxy groups -OCH3 is 1. The van der Waals surface area contributed by atoms with Crippen molar-refractivity contribution in [2.45, 2.75) is 26.7 Å². The van der Waals surface area contributed by atoms with Gasteiger partial charge in [-0.25, -0.2) is 0 Å². The third kappa shape index (κ3) is 1.04. The Hall–Kier alpha value is -0.860. The zero-order valence-corrected chi connectivity index (χ0v) is 8.87. The second kappa shape index (κ2) is 2.81. The van der Waals surface area contributed by atoms with Crippen LogP contribution in [-0.2, 0) is 14.3 Å². The first-order valence-corrected chi connectivity index (χ1v) is 5.10. The van der Waals surface area contributed by atoms with Gasteiger partial charge in [-0.05, 0) is 24.2 Å². The molecule has 14 heavy (non-hydrogen) atoms. The molecule has 0 aliphatic heterocycles. The van der Waals surface area contributed by atoms with Gasteiger partial charge in [0.2, 0.25) is 0 Å². The van der Waals surface area contributed by atoms with Crippen LogP contribution in [0.2, 0.25) is 0 Å². The van der Waals surface area contributed by atoms with Crippen molar-refractivity contribution in [1.82, 2.24) is 0 Å². The lowest BCUT2D eigenvalue weighted by Gasteiger charge is -2.56. The molecule has 0 aromatic heterocycles. The van der Waals surface area contributed by atoms with E-state index in [9.17, 15) is 9.59 Å². The predicted octanol–water partition coefficient (Wildman–Crippen LogP) is 1.41. The zero-order chi connectivity index (χ0) is 10.5. The van der Waals surface area contributed by atoms with Crippen molar-refractivity contribution < 1.29 is 14.3 Å². The zero-order valence-electron chi connectivity index (χ0n) is 8.87. The number of esters is 1. The molecule has 78 valence electrons. The summed E-state index contributed by atoms with van der Waals surface area (Å²) in [6.07, 6.45) is 1.66. The Morgan fingerprint density at radius 1 is 1.43 bits per heavy atom. The lowest BCUT2D eigenvalue weighted by atomic mass is 9.46. The van der Waals surface area contributed by atoms with Gasteiger partial charge in [-0.3, -0.25) is 9.59 Å². The Morgan fingerprint density at radius 3 is 2.50 bits per heavy atom. The van der Waals surface area contributed by atoms with E-state index in [0.717, 1.165) is 6.42 Å². The van der Waals surface area contributed by atoms with Crippen LogP contribution in [0, 0.1) is 23.2 Å². The summed E-state index contributed by atoms with van der Waals surface area (Å²) in [5.74, 6) is -0.110. The Kier molecular flexibility index (Phi) is 1.95. The van der Waals surface area contributed by atoms with Crippen LogP contribution >= 0.6 is 0 Å². The van der Waals surface area contributed by atoms with Gasteiger partial charge in [-0.1, -0.05) is 13.8 Å². The number of ether oxygens (including phenoxy) is 1. The molecule has 0 heterocycles. The van der Waals surface area contributed by atoms with Crippen LogP contribution in [-0.4, -0.2) is 18.9 Å². The van der Waals surface area contributed by atoms with E-state index in [-0.39, 0.29) is 23.1 Å². The number of ketones is 1. The molecule has 3 aliphatic rings. The van der Waals surface area contributed by atoms with Gasteiger partial charge < -0.3 is 4.74 Å². The summed E-state index contributed by atoms with van der Waals surface area (Å²) >= 11 is 0. The second-order valence-electron chi connectivity index (χ2n) is 5.02. The van der Waals surface area contributed by atoms with Crippen molar-refractivity contribution in [3.05, 3.63) is 0 Å². The van der Waals surface area contributed by atoms with E-state index in [1.54, 1.807) is 0 Å². The number of fused-ring (bicyclic) bond motifs is 2. The molecule has 0 aromatic carbocycles. The first-order chi connectivity index (χ1) is 6.48. The van der Waals surface area contributed by atoms with Crippen molar-refractivity contribution in [2.75, 3.05) is 7.11 Å². The van der Waals surface area contributed by atoms with Gasteiger partial charge >= 0.3 is 5.97 Å². The Labute approximate surface area is 83.8 Å². The van der Waals surface area contributed by atoms with E-state index in [4.69, 9.17) is 0 Å². The summed E-state index contributed by atoms with van der Waals surface area (Å²) in [6.45, 7) is 4.24. The molecule has 0 aromatic rings. The number of Topliss-reactive ketones (excluding diaryl/α,β-unsaturated/α-hetero) is 1. The third-order valence-electron chi connectivity index (χ3n) is 4.16. The number of rotatable bonds is 1. The molecule has 0 unspecified atom stereocenters. The first-order valence-electron chi connectivity index (χ1n) is 5.10.